The number of hydrogen-bond acceptors (Lipinski definition) is 4. The fourth-order valence-corrected chi connectivity index (χ4v) is 1.45. The van der Waals surface area contributed by atoms with E-state index in [1.54, 1.807) is 24.3 Å². The standard InChI is InChI=1S/C12H18N4O2/c13-11(17)3-1-2-8-15-12(18)9-4-6-10(16-14)7-5-9/h4-7,16H,1-3,8,14H2,(H2,13,17)(H,15,18). The van der Waals surface area contributed by atoms with Crippen LogP contribution in [0.25, 0.3) is 0 Å². The van der Waals surface area contributed by atoms with Crippen LogP contribution in [0.2, 0.25) is 0 Å². The lowest BCUT2D eigenvalue weighted by atomic mass is 10.2. The average molecular weight is 250 g/mol. The molecule has 0 radical (unpaired) electrons. The van der Waals surface area contributed by atoms with E-state index in [1.165, 1.54) is 0 Å². The summed E-state index contributed by atoms with van der Waals surface area (Å²) in [5, 5.41) is 2.77. The van der Waals surface area contributed by atoms with Crippen LogP contribution in [0.15, 0.2) is 24.3 Å². The molecule has 0 bridgehead atoms. The van der Waals surface area contributed by atoms with Crippen LogP contribution in [0.3, 0.4) is 0 Å². The van der Waals surface area contributed by atoms with Crippen molar-refractivity contribution >= 4 is 17.5 Å². The van der Waals surface area contributed by atoms with Crippen LogP contribution in [-0.4, -0.2) is 18.4 Å². The molecule has 0 unspecified atom stereocenters. The minimum Gasteiger partial charge on any atom is -0.370 e. The summed E-state index contributed by atoms with van der Waals surface area (Å²) in [6.45, 7) is 0.531. The quantitative estimate of drug-likeness (QED) is 0.318. The first kappa shape index (κ1) is 14.0. The van der Waals surface area contributed by atoms with Crippen LogP contribution in [0.4, 0.5) is 5.69 Å². The van der Waals surface area contributed by atoms with Gasteiger partial charge in [0.1, 0.15) is 0 Å². The van der Waals surface area contributed by atoms with Crippen molar-refractivity contribution in [2.45, 2.75) is 19.3 Å². The van der Waals surface area contributed by atoms with Crippen LogP contribution in [0, 0.1) is 0 Å². The Kier molecular flexibility index (Phi) is 5.66. The molecule has 0 saturated heterocycles. The Morgan fingerprint density at radius 1 is 1.11 bits per heavy atom. The van der Waals surface area contributed by atoms with Gasteiger partial charge in [-0.15, -0.1) is 0 Å². The van der Waals surface area contributed by atoms with E-state index in [2.05, 4.69) is 10.7 Å². The molecular weight excluding hydrogens is 232 g/mol. The van der Waals surface area contributed by atoms with Gasteiger partial charge in [-0.3, -0.25) is 15.4 Å². The smallest absolute Gasteiger partial charge is 0.251 e. The number of nitrogens with two attached hydrogens (primary N) is 2. The van der Waals surface area contributed by atoms with Gasteiger partial charge in [-0.25, -0.2) is 0 Å². The Morgan fingerprint density at radius 2 is 1.78 bits per heavy atom. The van der Waals surface area contributed by atoms with Gasteiger partial charge >= 0.3 is 0 Å². The Bertz CT molecular complexity index is 403. The highest BCUT2D eigenvalue weighted by Gasteiger charge is 2.04. The van der Waals surface area contributed by atoms with Crippen LogP contribution >= 0.6 is 0 Å². The summed E-state index contributed by atoms with van der Waals surface area (Å²) in [6.07, 6.45) is 1.77. The van der Waals surface area contributed by atoms with Crippen molar-refractivity contribution in [3.8, 4) is 0 Å². The lowest BCUT2D eigenvalue weighted by Gasteiger charge is -2.05. The fraction of sp³-hybridized carbons (Fsp3) is 0.333. The van der Waals surface area contributed by atoms with E-state index >= 15 is 0 Å². The predicted molar refractivity (Wildman–Crippen MR) is 69.6 cm³/mol. The Hall–Kier alpha value is -2.08. The maximum absolute atomic E-state index is 11.7. The van der Waals surface area contributed by atoms with Crippen molar-refractivity contribution in [2.75, 3.05) is 12.0 Å². The Balaban J connectivity index is 2.29. The molecular formula is C12H18N4O2. The number of hydrogen-bond donors (Lipinski definition) is 4. The number of nitrogen functional groups attached to an aromatic ring is 1. The van der Waals surface area contributed by atoms with Gasteiger partial charge in [-0.05, 0) is 37.1 Å². The van der Waals surface area contributed by atoms with E-state index in [1.807, 2.05) is 0 Å². The molecule has 0 atom stereocenters. The summed E-state index contributed by atoms with van der Waals surface area (Å²) in [5.74, 6) is 4.77. The second kappa shape index (κ2) is 7.29. The highest BCUT2D eigenvalue weighted by molar-refractivity contribution is 5.94. The molecule has 98 valence electrons. The Labute approximate surface area is 106 Å². The number of rotatable bonds is 7. The third-order valence-electron chi connectivity index (χ3n) is 2.45. The molecule has 2 amide bonds. The lowest BCUT2D eigenvalue weighted by molar-refractivity contribution is -0.118. The SMILES string of the molecule is NNc1ccc(C(=O)NCCCCC(N)=O)cc1. The number of hydrazine groups is 1. The molecule has 0 aliphatic rings. The third-order valence-corrected chi connectivity index (χ3v) is 2.45. The zero-order chi connectivity index (χ0) is 13.4. The molecule has 18 heavy (non-hydrogen) atoms. The topological polar surface area (TPSA) is 110 Å². The van der Waals surface area contributed by atoms with Crippen LogP contribution < -0.4 is 22.3 Å². The molecule has 1 rings (SSSR count). The van der Waals surface area contributed by atoms with E-state index in [9.17, 15) is 9.59 Å². The number of nitrogens with one attached hydrogen (secondary N) is 2. The van der Waals surface area contributed by atoms with Gasteiger partial charge in [-0.1, -0.05) is 0 Å². The van der Waals surface area contributed by atoms with E-state index in [4.69, 9.17) is 11.6 Å². The van der Waals surface area contributed by atoms with Crippen molar-refractivity contribution in [3.63, 3.8) is 0 Å². The van der Waals surface area contributed by atoms with Gasteiger partial charge in [0.25, 0.3) is 5.91 Å². The first-order valence-electron chi connectivity index (χ1n) is 5.76. The normalized spacial score (nSPS) is 9.83. The zero-order valence-electron chi connectivity index (χ0n) is 10.1. The average Bonchev–Trinajstić information content (AvgIpc) is 2.38. The van der Waals surface area contributed by atoms with Gasteiger partial charge < -0.3 is 16.5 Å². The van der Waals surface area contributed by atoms with Gasteiger partial charge in [0.15, 0.2) is 0 Å². The number of amides is 2. The maximum Gasteiger partial charge on any atom is 0.251 e. The molecule has 0 heterocycles. The third kappa shape index (κ3) is 4.84. The highest BCUT2D eigenvalue weighted by Crippen LogP contribution is 2.07. The van der Waals surface area contributed by atoms with Crippen LogP contribution in [0.5, 0.6) is 0 Å². The molecule has 6 nitrogen and oxygen atoms in total. The number of carbonyl (C=O) groups excluding carboxylic acids is 2. The van der Waals surface area contributed by atoms with Crippen molar-refractivity contribution in [3.05, 3.63) is 29.8 Å². The summed E-state index contributed by atoms with van der Waals surface area (Å²) in [6, 6.07) is 6.83. The summed E-state index contributed by atoms with van der Waals surface area (Å²) < 4.78 is 0. The second-order valence-electron chi connectivity index (χ2n) is 3.90. The minimum atomic E-state index is -0.314. The minimum absolute atomic E-state index is 0.141. The van der Waals surface area contributed by atoms with Gasteiger partial charge in [-0.2, -0.15) is 0 Å². The number of primary amides is 1. The van der Waals surface area contributed by atoms with E-state index in [0.717, 1.165) is 12.1 Å². The molecule has 6 heteroatoms. The lowest BCUT2D eigenvalue weighted by Crippen LogP contribution is -2.24. The van der Waals surface area contributed by atoms with E-state index in [0.29, 0.717) is 24.9 Å². The van der Waals surface area contributed by atoms with Crippen molar-refractivity contribution in [1.82, 2.24) is 5.32 Å². The molecule has 0 aliphatic carbocycles. The number of unbranched alkanes of at least 4 members (excludes halogenated alkanes) is 1. The van der Waals surface area contributed by atoms with Crippen molar-refractivity contribution in [2.24, 2.45) is 11.6 Å². The number of carbonyl (C=O) groups is 2. The second-order valence-corrected chi connectivity index (χ2v) is 3.90. The molecule has 1 aromatic rings. The predicted octanol–water partition coefficient (Wildman–Crippen LogP) is 0.358. The fourth-order valence-electron chi connectivity index (χ4n) is 1.45. The summed E-state index contributed by atoms with van der Waals surface area (Å²) in [7, 11) is 0. The monoisotopic (exact) mass is 250 g/mol. The molecule has 0 aliphatic heterocycles. The summed E-state index contributed by atoms with van der Waals surface area (Å²) in [5.41, 5.74) is 8.82. The van der Waals surface area contributed by atoms with Gasteiger partial charge in [0, 0.05) is 24.2 Å². The maximum atomic E-state index is 11.7. The molecule has 6 N–H and O–H groups in total. The van der Waals surface area contributed by atoms with E-state index < -0.39 is 0 Å². The molecule has 0 fully saturated rings. The largest absolute Gasteiger partial charge is 0.370 e. The molecule has 1 aromatic carbocycles. The zero-order valence-corrected chi connectivity index (χ0v) is 10.1. The highest BCUT2D eigenvalue weighted by atomic mass is 16.2. The first-order chi connectivity index (χ1) is 8.63. The Morgan fingerprint density at radius 3 is 2.33 bits per heavy atom. The van der Waals surface area contributed by atoms with Gasteiger partial charge in [0.2, 0.25) is 5.91 Å². The molecule has 0 aromatic heterocycles. The van der Waals surface area contributed by atoms with E-state index in [-0.39, 0.29) is 11.8 Å². The molecule has 0 spiro atoms. The van der Waals surface area contributed by atoms with Crippen molar-refractivity contribution < 1.29 is 9.59 Å². The first-order valence-corrected chi connectivity index (χ1v) is 5.76. The van der Waals surface area contributed by atoms with Crippen LogP contribution in [-0.2, 0) is 4.79 Å². The van der Waals surface area contributed by atoms with Gasteiger partial charge in [0.05, 0.1) is 0 Å². The molecule has 0 saturated carbocycles. The van der Waals surface area contributed by atoms with Crippen LogP contribution in [0.1, 0.15) is 29.6 Å². The summed E-state index contributed by atoms with van der Waals surface area (Å²) >= 11 is 0. The van der Waals surface area contributed by atoms with Crippen molar-refractivity contribution in [1.29, 1.82) is 0 Å². The number of anilines is 1. The number of benzene rings is 1. The summed E-state index contributed by atoms with van der Waals surface area (Å²) in [4.78, 5) is 22.2.